The van der Waals surface area contributed by atoms with Crippen molar-refractivity contribution in [1.82, 2.24) is 14.8 Å². The van der Waals surface area contributed by atoms with Gasteiger partial charge in [0, 0.05) is 24.9 Å². The molecule has 2 aromatic rings. The molecule has 0 aliphatic heterocycles. The number of nitro groups is 1. The number of rotatable bonds is 6. The number of hydrogen-bond acceptors (Lipinski definition) is 6. The third-order valence-electron chi connectivity index (χ3n) is 2.88. The second-order valence-corrected chi connectivity index (χ2v) is 5.25. The van der Waals surface area contributed by atoms with E-state index >= 15 is 0 Å². The molecule has 1 heterocycles. The van der Waals surface area contributed by atoms with E-state index in [1.54, 1.807) is 23.9 Å². The molecule has 106 valence electrons. The van der Waals surface area contributed by atoms with E-state index in [0.717, 1.165) is 28.7 Å². The fraction of sp³-hybridized carbons (Fsp3) is 0.333. The Morgan fingerprint density at radius 3 is 2.60 bits per heavy atom. The first kappa shape index (κ1) is 14.5. The van der Waals surface area contributed by atoms with Crippen molar-refractivity contribution in [1.29, 1.82) is 0 Å². The Morgan fingerprint density at radius 1 is 1.35 bits per heavy atom. The molecule has 2 N–H and O–H groups in total. The zero-order chi connectivity index (χ0) is 14.5. The monoisotopic (exact) mass is 293 g/mol. The number of aromatic nitrogens is 3. The Bertz CT molecular complexity index is 596. The Labute approximate surface area is 120 Å². The summed E-state index contributed by atoms with van der Waals surface area (Å²) < 4.78 is 1.88. The Kier molecular flexibility index (Phi) is 4.70. The molecule has 0 spiro atoms. The zero-order valence-corrected chi connectivity index (χ0v) is 11.8. The summed E-state index contributed by atoms with van der Waals surface area (Å²) >= 11 is 1.59. The lowest BCUT2D eigenvalue weighted by atomic mass is 10.1. The lowest BCUT2D eigenvalue weighted by molar-refractivity contribution is -0.384. The summed E-state index contributed by atoms with van der Waals surface area (Å²) in [6, 6.07) is 6.60. The standard InChI is InChI=1S/C12H15N5O2S/c1-16-11(8-13)14-15-12(16)20-7-6-9-2-4-10(5-3-9)17(18)19/h2-5H,6-8,13H2,1H3. The van der Waals surface area contributed by atoms with Gasteiger partial charge in [-0.3, -0.25) is 10.1 Å². The van der Waals surface area contributed by atoms with Gasteiger partial charge >= 0.3 is 0 Å². The van der Waals surface area contributed by atoms with Crippen LogP contribution in [0.1, 0.15) is 11.4 Å². The molecular weight excluding hydrogens is 278 g/mol. The average Bonchev–Trinajstić information content (AvgIpc) is 2.80. The van der Waals surface area contributed by atoms with Crippen molar-refractivity contribution >= 4 is 17.4 Å². The van der Waals surface area contributed by atoms with Crippen molar-refractivity contribution in [3.8, 4) is 0 Å². The predicted molar refractivity (Wildman–Crippen MR) is 76.4 cm³/mol. The summed E-state index contributed by atoms with van der Waals surface area (Å²) in [6.45, 7) is 0.367. The lowest BCUT2D eigenvalue weighted by Gasteiger charge is -2.03. The average molecular weight is 293 g/mol. The first-order chi connectivity index (χ1) is 9.61. The molecule has 0 bridgehead atoms. The molecule has 1 aromatic carbocycles. The highest BCUT2D eigenvalue weighted by Gasteiger charge is 2.08. The van der Waals surface area contributed by atoms with Crippen LogP contribution in [0.3, 0.4) is 0 Å². The second kappa shape index (κ2) is 6.49. The summed E-state index contributed by atoms with van der Waals surface area (Å²) in [6.07, 6.45) is 0.813. The second-order valence-electron chi connectivity index (χ2n) is 4.18. The van der Waals surface area contributed by atoms with Crippen molar-refractivity contribution in [2.24, 2.45) is 12.8 Å². The number of nitro benzene ring substituents is 1. The van der Waals surface area contributed by atoms with Crippen LogP contribution in [0.25, 0.3) is 0 Å². The van der Waals surface area contributed by atoms with Gasteiger partial charge in [-0.1, -0.05) is 23.9 Å². The lowest BCUT2D eigenvalue weighted by Crippen LogP contribution is -2.05. The highest BCUT2D eigenvalue weighted by atomic mass is 32.2. The maximum Gasteiger partial charge on any atom is 0.269 e. The van der Waals surface area contributed by atoms with E-state index in [1.807, 2.05) is 11.6 Å². The quantitative estimate of drug-likeness (QED) is 0.492. The van der Waals surface area contributed by atoms with Gasteiger partial charge in [0.2, 0.25) is 0 Å². The minimum atomic E-state index is -0.396. The smallest absolute Gasteiger partial charge is 0.269 e. The van der Waals surface area contributed by atoms with Gasteiger partial charge in [-0.25, -0.2) is 0 Å². The van der Waals surface area contributed by atoms with Crippen LogP contribution < -0.4 is 5.73 Å². The fourth-order valence-electron chi connectivity index (χ4n) is 1.69. The number of aryl methyl sites for hydroxylation is 1. The molecule has 20 heavy (non-hydrogen) atoms. The molecule has 8 heteroatoms. The molecule has 0 aliphatic carbocycles. The third kappa shape index (κ3) is 3.34. The molecule has 0 aliphatic rings. The van der Waals surface area contributed by atoms with E-state index in [1.165, 1.54) is 12.1 Å². The third-order valence-corrected chi connectivity index (χ3v) is 3.90. The SMILES string of the molecule is Cn1c(CN)nnc1SCCc1ccc([N+](=O)[O-])cc1. The Hall–Kier alpha value is -1.93. The van der Waals surface area contributed by atoms with Crippen LogP contribution in [-0.2, 0) is 20.0 Å². The maximum absolute atomic E-state index is 10.6. The predicted octanol–water partition coefficient (Wildman–Crippen LogP) is 1.52. The molecule has 2 rings (SSSR count). The van der Waals surface area contributed by atoms with E-state index in [2.05, 4.69) is 10.2 Å². The summed E-state index contributed by atoms with van der Waals surface area (Å²) in [5.41, 5.74) is 6.71. The minimum Gasteiger partial charge on any atom is -0.324 e. The Morgan fingerprint density at radius 2 is 2.05 bits per heavy atom. The summed E-state index contributed by atoms with van der Waals surface area (Å²) in [5, 5.41) is 19.4. The molecule has 0 saturated carbocycles. The molecule has 7 nitrogen and oxygen atoms in total. The van der Waals surface area contributed by atoms with Crippen molar-refractivity contribution in [3.63, 3.8) is 0 Å². The van der Waals surface area contributed by atoms with E-state index in [0.29, 0.717) is 6.54 Å². The first-order valence-electron chi connectivity index (χ1n) is 6.06. The van der Waals surface area contributed by atoms with E-state index in [9.17, 15) is 10.1 Å². The van der Waals surface area contributed by atoms with Crippen LogP contribution in [0.15, 0.2) is 29.4 Å². The van der Waals surface area contributed by atoms with E-state index < -0.39 is 4.92 Å². The van der Waals surface area contributed by atoms with Crippen LogP contribution in [0.5, 0.6) is 0 Å². The van der Waals surface area contributed by atoms with Crippen LogP contribution in [0, 0.1) is 10.1 Å². The normalized spacial score (nSPS) is 10.7. The number of thioether (sulfide) groups is 1. The van der Waals surface area contributed by atoms with Gasteiger partial charge in [0.15, 0.2) is 5.16 Å². The van der Waals surface area contributed by atoms with Crippen LogP contribution in [0.2, 0.25) is 0 Å². The molecule has 1 aromatic heterocycles. The molecule has 0 saturated heterocycles. The number of benzene rings is 1. The van der Waals surface area contributed by atoms with E-state index in [-0.39, 0.29) is 5.69 Å². The molecule has 0 fully saturated rings. The number of non-ortho nitro benzene ring substituents is 1. The van der Waals surface area contributed by atoms with Gasteiger partial charge in [0.05, 0.1) is 11.5 Å². The van der Waals surface area contributed by atoms with Gasteiger partial charge in [0.25, 0.3) is 5.69 Å². The van der Waals surface area contributed by atoms with Crippen LogP contribution in [-0.4, -0.2) is 25.4 Å². The van der Waals surface area contributed by atoms with E-state index in [4.69, 9.17) is 5.73 Å². The fourth-order valence-corrected chi connectivity index (χ4v) is 2.61. The van der Waals surface area contributed by atoms with Crippen LogP contribution in [0.4, 0.5) is 5.69 Å². The first-order valence-corrected chi connectivity index (χ1v) is 7.05. The molecule has 0 unspecified atom stereocenters. The summed E-state index contributed by atoms with van der Waals surface area (Å²) in [4.78, 5) is 10.2. The molecule has 0 atom stereocenters. The summed E-state index contributed by atoms with van der Waals surface area (Å²) in [7, 11) is 1.89. The van der Waals surface area contributed by atoms with Crippen molar-refractivity contribution in [3.05, 3.63) is 45.8 Å². The largest absolute Gasteiger partial charge is 0.324 e. The Balaban J connectivity index is 1.89. The summed E-state index contributed by atoms with van der Waals surface area (Å²) in [5.74, 6) is 1.58. The van der Waals surface area contributed by atoms with Gasteiger partial charge in [-0.15, -0.1) is 10.2 Å². The number of nitrogens with two attached hydrogens (primary N) is 1. The minimum absolute atomic E-state index is 0.113. The highest BCUT2D eigenvalue weighted by Crippen LogP contribution is 2.18. The van der Waals surface area contributed by atoms with Gasteiger partial charge in [-0.2, -0.15) is 0 Å². The highest BCUT2D eigenvalue weighted by molar-refractivity contribution is 7.99. The van der Waals surface area contributed by atoms with Crippen molar-refractivity contribution in [2.45, 2.75) is 18.1 Å². The maximum atomic E-state index is 10.6. The van der Waals surface area contributed by atoms with Gasteiger partial charge < -0.3 is 10.3 Å². The van der Waals surface area contributed by atoms with Gasteiger partial charge in [0.1, 0.15) is 5.82 Å². The number of nitrogens with zero attached hydrogens (tertiary/aromatic N) is 4. The molecular formula is C12H15N5O2S. The molecule has 0 radical (unpaired) electrons. The zero-order valence-electron chi connectivity index (χ0n) is 11.0. The van der Waals surface area contributed by atoms with Crippen molar-refractivity contribution < 1.29 is 4.92 Å². The number of hydrogen-bond donors (Lipinski definition) is 1. The van der Waals surface area contributed by atoms with Crippen molar-refractivity contribution in [2.75, 3.05) is 5.75 Å². The topological polar surface area (TPSA) is 99.9 Å². The van der Waals surface area contributed by atoms with Crippen LogP contribution >= 0.6 is 11.8 Å². The molecule has 0 amide bonds. The van der Waals surface area contributed by atoms with Gasteiger partial charge in [-0.05, 0) is 12.0 Å².